The van der Waals surface area contributed by atoms with E-state index >= 15 is 0 Å². The van der Waals surface area contributed by atoms with Gasteiger partial charge in [-0.05, 0) is 83.4 Å². The molecular weight excluding hydrogens is 383 g/mol. The quantitative estimate of drug-likeness (QED) is 0.712. The number of likely N-dealkylation sites (N-methyl/N-ethyl adjacent to an activating group) is 1. The van der Waals surface area contributed by atoms with Crippen LogP contribution in [0.25, 0.3) is 0 Å². The van der Waals surface area contributed by atoms with E-state index in [4.69, 9.17) is 0 Å². The predicted octanol–water partition coefficient (Wildman–Crippen LogP) is 4.77. The first kappa shape index (κ1) is 16.4. The summed E-state index contributed by atoms with van der Waals surface area (Å²) in [6, 6.07) is 9.80. The number of halogens is 3. The van der Waals surface area contributed by atoms with Crippen molar-refractivity contribution >= 4 is 22.6 Å². The van der Waals surface area contributed by atoms with Gasteiger partial charge in [-0.3, -0.25) is 0 Å². The van der Waals surface area contributed by atoms with Crippen LogP contribution in [0.15, 0.2) is 36.4 Å². The second kappa shape index (κ2) is 7.31. The topological polar surface area (TPSA) is 12.0 Å². The molecule has 2 aromatic carbocycles. The number of hydrogen-bond acceptors (Lipinski definition) is 1. The number of hydrogen-bond donors (Lipinski definition) is 1. The largest absolute Gasteiger partial charge is 0.310 e. The van der Waals surface area contributed by atoms with Crippen LogP contribution < -0.4 is 5.32 Å². The maximum atomic E-state index is 13.3. The second-order valence-electron chi connectivity index (χ2n) is 5.05. The van der Waals surface area contributed by atoms with Crippen molar-refractivity contribution in [1.82, 2.24) is 5.32 Å². The molecule has 0 spiro atoms. The molecule has 0 aliphatic heterocycles. The van der Waals surface area contributed by atoms with Gasteiger partial charge in [-0.1, -0.05) is 19.1 Å². The number of rotatable bonds is 5. The van der Waals surface area contributed by atoms with Gasteiger partial charge in [-0.2, -0.15) is 0 Å². The molecule has 0 aliphatic rings. The van der Waals surface area contributed by atoms with Crippen LogP contribution in [0, 0.1) is 22.1 Å². The Hall–Kier alpha value is -1.01. The smallest absolute Gasteiger partial charge is 0.124 e. The summed E-state index contributed by atoms with van der Waals surface area (Å²) >= 11 is 2.16. The van der Waals surface area contributed by atoms with Gasteiger partial charge in [0.1, 0.15) is 11.6 Å². The van der Waals surface area contributed by atoms with E-state index in [2.05, 4.69) is 27.9 Å². The average Bonchev–Trinajstić information content (AvgIpc) is 2.41. The molecule has 1 N–H and O–H groups in total. The average molecular weight is 401 g/mol. The lowest BCUT2D eigenvalue weighted by atomic mass is 9.96. The zero-order valence-electron chi connectivity index (χ0n) is 12.1. The number of benzene rings is 2. The lowest BCUT2D eigenvalue weighted by Crippen LogP contribution is -2.24. The zero-order valence-corrected chi connectivity index (χ0v) is 14.2. The minimum absolute atomic E-state index is 0.0895. The molecule has 0 aliphatic carbocycles. The van der Waals surface area contributed by atoms with E-state index in [0.29, 0.717) is 0 Å². The van der Waals surface area contributed by atoms with Gasteiger partial charge in [0.25, 0.3) is 0 Å². The summed E-state index contributed by atoms with van der Waals surface area (Å²) in [5.74, 6) is -0.441. The summed E-state index contributed by atoms with van der Waals surface area (Å²) in [7, 11) is 0. The Kier molecular flexibility index (Phi) is 5.70. The Morgan fingerprint density at radius 1 is 1.10 bits per heavy atom. The van der Waals surface area contributed by atoms with Crippen molar-refractivity contribution in [2.75, 3.05) is 6.54 Å². The molecule has 0 aromatic heterocycles. The Morgan fingerprint density at radius 3 is 2.38 bits per heavy atom. The first-order chi connectivity index (χ1) is 10.0. The fourth-order valence-electron chi connectivity index (χ4n) is 2.43. The molecule has 2 rings (SSSR count). The highest BCUT2D eigenvalue weighted by molar-refractivity contribution is 14.1. The van der Waals surface area contributed by atoms with Crippen LogP contribution >= 0.6 is 22.6 Å². The number of nitrogens with one attached hydrogen (secondary N) is 1. The van der Waals surface area contributed by atoms with Gasteiger partial charge in [0, 0.05) is 9.61 Å². The molecule has 0 heterocycles. The third-order valence-electron chi connectivity index (χ3n) is 3.52. The summed E-state index contributed by atoms with van der Waals surface area (Å²) in [6.07, 6.45) is 0.752. The fraction of sp³-hybridized carbons (Fsp3) is 0.294. The van der Waals surface area contributed by atoms with Crippen molar-refractivity contribution in [3.05, 3.63) is 68.3 Å². The summed E-state index contributed by atoms with van der Waals surface area (Å²) < 4.78 is 27.4. The highest BCUT2D eigenvalue weighted by Crippen LogP contribution is 2.25. The van der Waals surface area contributed by atoms with Crippen molar-refractivity contribution in [1.29, 1.82) is 0 Å². The Balaban J connectivity index is 2.30. The van der Waals surface area contributed by atoms with Crippen LogP contribution in [0.3, 0.4) is 0 Å². The van der Waals surface area contributed by atoms with E-state index in [9.17, 15) is 8.78 Å². The normalized spacial score (nSPS) is 12.4. The lowest BCUT2D eigenvalue weighted by Gasteiger charge is -2.21. The molecule has 4 heteroatoms. The van der Waals surface area contributed by atoms with Gasteiger partial charge in [0.05, 0.1) is 0 Å². The molecule has 1 unspecified atom stereocenters. The van der Waals surface area contributed by atoms with Crippen LogP contribution in [0.5, 0.6) is 0 Å². The summed E-state index contributed by atoms with van der Waals surface area (Å²) in [5.41, 5.74) is 3.11. The van der Waals surface area contributed by atoms with E-state index in [1.807, 2.05) is 26.0 Å². The van der Waals surface area contributed by atoms with E-state index in [-0.39, 0.29) is 17.7 Å². The molecule has 0 amide bonds. The molecule has 0 saturated carbocycles. The zero-order chi connectivity index (χ0) is 15.4. The first-order valence-electron chi connectivity index (χ1n) is 6.94. The van der Waals surface area contributed by atoms with Crippen molar-refractivity contribution in [3.8, 4) is 0 Å². The Morgan fingerprint density at radius 2 is 1.76 bits per heavy atom. The van der Waals surface area contributed by atoms with Crippen molar-refractivity contribution < 1.29 is 8.78 Å². The van der Waals surface area contributed by atoms with Gasteiger partial charge in [-0.25, -0.2) is 8.78 Å². The molecule has 2 aromatic rings. The maximum Gasteiger partial charge on any atom is 0.124 e. The lowest BCUT2D eigenvalue weighted by molar-refractivity contribution is 0.542. The van der Waals surface area contributed by atoms with Crippen LogP contribution in [-0.4, -0.2) is 6.54 Å². The molecule has 0 fully saturated rings. The summed E-state index contributed by atoms with van der Waals surface area (Å²) in [4.78, 5) is 0. The van der Waals surface area contributed by atoms with Crippen LogP contribution in [0.4, 0.5) is 8.78 Å². The van der Waals surface area contributed by atoms with E-state index in [1.54, 1.807) is 6.07 Å². The van der Waals surface area contributed by atoms with Gasteiger partial charge in [-0.15, -0.1) is 0 Å². The molecule has 112 valence electrons. The number of aryl methyl sites for hydroxylation is 1. The molecule has 0 saturated heterocycles. The second-order valence-corrected chi connectivity index (χ2v) is 6.21. The van der Waals surface area contributed by atoms with Gasteiger partial charge >= 0.3 is 0 Å². The molecule has 1 nitrogen and oxygen atoms in total. The van der Waals surface area contributed by atoms with Gasteiger partial charge < -0.3 is 5.32 Å². The van der Waals surface area contributed by atoms with Crippen LogP contribution in [0.1, 0.15) is 29.7 Å². The van der Waals surface area contributed by atoms with Crippen molar-refractivity contribution in [2.24, 2.45) is 0 Å². The SMILES string of the molecule is CCNC(Cc1ccc(F)cc1C)c1ccc(F)cc1I. The predicted molar refractivity (Wildman–Crippen MR) is 90.4 cm³/mol. The molecule has 1 atom stereocenters. The minimum Gasteiger partial charge on any atom is -0.310 e. The molecule has 0 radical (unpaired) electrons. The minimum atomic E-state index is -0.226. The highest BCUT2D eigenvalue weighted by Gasteiger charge is 2.16. The fourth-order valence-corrected chi connectivity index (χ4v) is 3.28. The Labute approximate surface area is 137 Å². The Bertz CT molecular complexity index is 628. The van der Waals surface area contributed by atoms with Crippen LogP contribution in [0.2, 0.25) is 0 Å². The first-order valence-corrected chi connectivity index (χ1v) is 8.02. The van der Waals surface area contributed by atoms with Crippen LogP contribution in [-0.2, 0) is 6.42 Å². The van der Waals surface area contributed by atoms with E-state index in [0.717, 1.165) is 33.2 Å². The monoisotopic (exact) mass is 401 g/mol. The standard InChI is InChI=1S/C17H18F2IN/c1-3-21-17(15-7-6-14(19)10-16(15)20)9-12-4-5-13(18)8-11(12)2/h4-8,10,17,21H,3,9H2,1-2H3. The third kappa shape index (κ3) is 4.23. The molecule has 0 bridgehead atoms. The highest BCUT2D eigenvalue weighted by atomic mass is 127. The van der Waals surface area contributed by atoms with E-state index < -0.39 is 0 Å². The summed E-state index contributed by atoms with van der Waals surface area (Å²) in [6.45, 7) is 4.77. The van der Waals surface area contributed by atoms with Crippen molar-refractivity contribution in [3.63, 3.8) is 0 Å². The van der Waals surface area contributed by atoms with E-state index in [1.165, 1.54) is 18.2 Å². The third-order valence-corrected chi connectivity index (χ3v) is 4.45. The maximum absolute atomic E-state index is 13.3. The molecular formula is C17H18F2IN. The van der Waals surface area contributed by atoms with Gasteiger partial charge in [0.15, 0.2) is 0 Å². The van der Waals surface area contributed by atoms with Crippen molar-refractivity contribution in [2.45, 2.75) is 26.3 Å². The summed E-state index contributed by atoms with van der Waals surface area (Å²) in [5, 5.41) is 3.43. The van der Waals surface area contributed by atoms with Gasteiger partial charge in [0.2, 0.25) is 0 Å². The molecule has 21 heavy (non-hydrogen) atoms.